The molecule has 2 rings (SSSR count). The largest absolute Gasteiger partial charge is 0.311 e. The summed E-state index contributed by atoms with van der Waals surface area (Å²) < 4.78 is 0. The van der Waals surface area contributed by atoms with Crippen LogP contribution in [0.25, 0.3) is 0 Å². The number of likely N-dealkylation sites (tertiary alicyclic amines) is 1. The molecule has 2 saturated heterocycles. The Morgan fingerprint density at radius 1 is 1.07 bits per heavy atom. The van der Waals surface area contributed by atoms with Gasteiger partial charge in [0, 0.05) is 24.7 Å². The molecule has 2 fully saturated rings. The van der Waals surface area contributed by atoms with Gasteiger partial charge in [-0.25, -0.2) is 0 Å². The Kier molecular flexibility index (Phi) is 4.39. The van der Waals surface area contributed by atoms with E-state index in [1.54, 1.807) is 0 Å². The normalized spacial score (nSPS) is 25.5. The van der Waals surface area contributed by atoms with Crippen LogP contribution in [0.1, 0.15) is 47.0 Å². The number of piperidine rings is 1. The van der Waals surface area contributed by atoms with Crippen LogP contribution in [0.5, 0.6) is 0 Å². The maximum Gasteiger partial charge on any atom is 0.0217 e. The summed E-state index contributed by atoms with van der Waals surface area (Å²) in [5, 5.41) is 3.59. The molecule has 2 aliphatic heterocycles. The third-order valence-corrected chi connectivity index (χ3v) is 3.59. The first-order chi connectivity index (χ1) is 6.72. The van der Waals surface area contributed by atoms with Crippen LogP contribution in [0.2, 0.25) is 0 Å². The summed E-state index contributed by atoms with van der Waals surface area (Å²) in [6.45, 7) is 12.4. The molecule has 0 aromatic rings. The average molecular weight is 198 g/mol. The van der Waals surface area contributed by atoms with Crippen molar-refractivity contribution in [2.24, 2.45) is 0 Å². The molecule has 0 atom stereocenters. The molecule has 2 aliphatic rings. The van der Waals surface area contributed by atoms with Crippen LogP contribution in [0.15, 0.2) is 0 Å². The van der Waals surface area contributed by atoms with Crippen LogP contribution >= 0.6 is 0 Å². The molecule has 0 saturated carbocycles. The second-order valence-electron chi connectivity index (χ2n) is 4.59. The van der Waals surface area contributed by atoms with Crippen LogP contribution in [0.3, 0.4) is 0 Å². The van der Waals surface area contributed by atoms with E-state index in [1.807, 2.05) is 13.8 Å². The van der Waals surface area contributed by atoms with Gasteiger partial charge in [-0.3, -0.25) is 0 Å². The number of rotatable bonds is 1. The molecule has 1 spiro atoms. The molecule has 0 bridgehead atoms. The fraction of sp³-hybridized carbons (Fsp3) is 1.00. The van der Waals surface area contributed by atoms with Gasteiger partial charge in [-0.05, 0) is 39.7 Å². The van der Waals surface area contributed by atoms with Gasteiger partial charge in [0.2, 0.25) is 0 Å². The second-order valence-corrected chi connectivity index (χ2v) is 4.59. The number of hydrogen-bond donors (Lipinski definition) is 1. The van der Waals surface area contributed by atoms with E-state index in [1.165, 1.54) is 38.9 Å². The molecule has 0 aromatic carbocycles. The Labute approximate surface area is 89.1 Å². The van der Waals surface area contributed by atoms with Crippen molar-refractivity contribution in [3.05, 3.63) is 0 Å². The molecular formula is C12H26N2. The average Bonchev–Trinajstić information content (AvgIpc) is 2.19. The maximum absolute atomic E-state index is 3.59. The van der Waals surface area contributed by atoms with Crippen LogP contribution < -0.4 is 5.32 Å². The lowest BCUT2D eigenvalue weighted by molar-refractivity contribution is 0.0690. The first kappa shape index (κ1) is 12.0. The minimum atomic E-state index is 0.575. The molecule has 0 radical (unpaired) electrons. The standard InChI is InChI=1S/C10H20N2.C2H6/c1-9(2)12-7-4-10(5-8-12)3-6-11-10;1-2/h9,11H,3-8H2,1-2H3;1-2H3. The van der Waals surface area contributed by atoms with E-state index in [9.17, 15) is 0 Å². The third kappa shape index (κ3) is 2.48. The van der Waals surface area contributed by atoms with Crippen molar-refractivity contribution in [2.75, 3.05) is 19.6 Å². The van der Waals surface area contributed by atoms with Gasteiger partial charge in [-0.1, -0.05) is 13.8 Å². The zero-order chi connectivity index (χ0) is 10.6. The Morgan fingerprint density at radius 2 is 1.57 bits per heavy atom. The second kappa shape index (κ2) is 5.13. The minimum absolute atomic E-state index is 0.575. The van der Waals surface area contributed by atoms with Crippen molar-refractivity contribution < 1.29 is 0 Å². The van der Waals surface area contributed by atoms with Crippen LogP contribution in [0.4, 0.5) is 0 Å². The van der Waals surface area contributed by atoms with Crippen molar-refractivity contribution >= 4 is 0 Å². The van der Waals surface area contributed by atoms with Gasteiger partial charge in [0.05, 0.1) is 0 Å². The minimum Gasteiger partial charge on any atom is -0.311 e. The summed E-state index contributed by atoms with van der Waals surface area (Å²) in [6.07, 6.45) is 4.15. The molecule has 0 unspecified atom stereocenters. The van der Waals surface area contributed by atoms with Gasteiger partial charge >= 0.3 is 0 Å². The monoisotopic (exact) mass is 198 g/mol. The van der Waals surface area contributed by atoms with Gasteiger partial charge < -0.3 is 10.2 Å². The van der Waals surface area contributed by atoms with Gasteiger partial charge in [0.15, 0.2) is 0 Å². The Balaban J connectivity index is 0.000000461. The fourth-order valence-electron chi connectivity index (χ4n) is 2.37. The quantitative estimate of drug-likeness (QED) is 0.695. The lowest BCUT2D eigenvalue weighted by Gasteiger charge is -2.49. The van der Waals surface area contributed by atoms with E-state index >= 15 is 0 Å². The smallest absolute Gasteiger partial charge is 0.0217 e. The predicted octanol–water partition coefficient (Wildman–Crippen LogP) is 2.25. The summed E-state index contributed by atoms with van der Waals surface area (Å²) in [6, 6.07) is 0.738. The summed E-state index contributed by atoms with van der Waals surface area (Å²) >= 11 is 0. The zero-order valence-corrected chi connectivity index (χ0v) is 10.3. The first-order valence-corrected chi connectivity index (χ1v) is 6.21. The zero-order valence-electron chi connectivity index (χ0n) is 10.3. The molecule has 2 nitrogen and oxygen atoms in total. The lowest BCUT2D eigenvalue weighted by atomic mass is 9.79. The molecule has 0 aliphatic carbocycles. The highest BCUT2D eigenvalue weighted by atomic mass is 15.2. The molecule has 1 N–H and O–H groups in total. The molecule has 0 aromatic heterocycles. The van der Waals surface area contributed by atoms with E-state index in [-0.39, 0.29) is 0 Å². The molecule has 0 amide bonds. The number of nitrogens with zero attached hydrogens (tertiary/aromatic N) is 1. The van der Waals surface area contributed by atoms with Gasteiger partial charge in [0.1, 0.15) is 0 Å². The maximum atomic E-state index is 3.59. The van der Waals surface area contributed by atoms with Crippen molar-refractivity contribution in [1.82, 2.24) is 10.2 Å². The van der Waals surface area contributed by atoms with Crippen molar-refractivity contribution in [3.63, 3.8) is 0 Å². The van der Waals surface area contributed by atoms with Crippen molar-refractivity contribution in [2.45, 2.75) is 58.5 Å². The van der Waals surface area contributed by atoms with E-state index in [4.69, 9.17) is 0 Å². The Hall–Kier alpha value is -0.0800. The first-order valence-electron chi connectivity index (χ1n) is 6.21. The molecule has 14 heavy (non-hydrogen) atoms. The van der Waals surface area contributed by atoms with E-state index < -0.39 is 0 Å². The molecule has 2 heteroatoms. The van der Waals surface area contributed by atoms with Crippen LogP contribution in [-0.4, -0.2) is 36.1 Å². The Morgan fingerprint density at radius 3 is 1.86 bits per heavy atom. The van der Waals surface area contributed by atoms with Gasteiger partial charge in [0.25, 0.3) is 0 Å². The Bertz CT molecular complexity index is 152. The SMILES string of the molecule is CC.CC(C)N1CCC2(CCN2)CC1. The van der Waals surface area contributed by atoms with Crippen LogP contribution in [-0.2, 0) is 0 Å². The molecule has 2 heterocycles. The number of hydrogen-bond acceptors (Lipinski definition) is 2. The van der Waals surface area contributed by atoms with Crippen molar-refractivity contribution in [3.8, 4) is 0 Å². The van der Waals surface area contributed by atoms with Crippen LogP contribution in [0, 0.1) is 0 Å². The summed E-state index contributed by atoms with van der Waals surface area (Å²) in [4.78, 5) is 2.59. The molecule has 84 valence electrons. The number of nitrogens with one attached hydrogen (secondary N) is 1. The van der Waals surface area contributed by atoms with E-state index in [0.29, 0.717) is 5.54 Å². The molecular weight excluding hydrogens is 172 g/mol. The predicted molar refractivity (Wildman–Crippen MR) is 62.6 cm³/mol. The highest BCUT2D eigenvalue weighted by Crippen LogP contribution is 2.31. The highest BCUT2D eigenvalue weighted by Gasteiger charge is 2.39. The highest BCUT2D eigenvalue weighted by molar-refractivity contribution is 5.00. The summed E-state index contributed by atoms with van der Waals surface area (Å²) in [7, 11) is 0. The summed E-state index contributed by atoms with van der Waals surface area (Å²) in [5.41, 5.74) is 0.575. The van der Waals surface area contributed by atoms with Crippen molar-refractivity contribution in [1.29, 1.82) is 0 Å². The third-order valence-electron chi connectivity index (χ3n) is 3.59. The summed E-state index contributed by atoms with van der Waals surface area (Å²) in [5.74, 6) is 0. The fourth-order valence-corrected chi connectivity index (χ4v) is 2.37. The lowest BCUT2D eigenvalue weighted by Crippen LogP contribution is -2.62. The van der Waals surface area contributed by atoms with Gasteiger partial charge in [-0.2, -0.15) is 0 Å². The topological polar surface area (TPSA) is 15.3 Å². The van der Waals surface area contributed by atoms with E-state index in [2.05, 4.69) is 24.1 Å². The van der Waals surface area contributed by atoms with Gasteiger partial charge in [-0.15, -0.1) is 0 Å². The van der Waals surface area contributed by atoms with E-state index in [0.717, 1.165) is 6.04 Å².